The maximum Gasteiger partial charge on any atom is 0.0581 e. The molecule has 1 heteroatoms. The van der Waals surface area contributed by atoms with E-state index in [2.05, 4.69) is 91.8 Å². The summed E-state index contributed by atoms with van der Waals surface area (Å²) in [6.07, 6.45) is 10.1. The minimum absolute atomic E-state index is 0.562. The van der Waals surface area contributed by atoms with Gasteiger partial charge in [-0.1, -0.05) is 64.1 Å². The molecule has 0 bridgehead atoms. The molecule has 188 valence electrons. The summed E-state index contributed by atoms with van der Waals surface area (Å²) < 4.78 is 6.37. The van der Waals surface area contributed by atoms with Crippen molar-refractivity contribution in [3.63, 3.8) is 0 Å². The molecule has 4 rings (SSSR count). The van der Waals surface area contributed by atoms with Crippen LogP contribution in [0.2, 0.25) is 0 Å². The fourth-order valence-corrected chi connectivity index (χ4v) is 5.58. The van der Waals surface area contributed by atoms with Gasteiger partial charge in [0.15, 0.2) is 0 Å². The van der Waals surface area contributed by atoms with Crippen molar-refractivity contribution in [1.82, 2.24) is 0 Å². The summed E-state index contributed by atoms with van der Waals surface area (Å²) >= 11 is 0. The predicted octanol–water partition coefficient (Wildman–Crippen LogP) is 9.16. The van der Waals surface area contributed by atoms with Crippen LogP contribution < -0.4 is 0 Å². The van der Waals surface area contributed by atoms with E-state index < -0.39 is 0 Å². The van der Waals surface area contributed by atoms with Crippen LogP contribution >= 0.6 is 0 Å². The summed E-state index contributed by atoms with van der Waals surface area (Å²) in [5.41, 5.74) is 8.30. The highest BCUT2D eigenvalue weighted by Gasteiger charge is 2.30. The molecule has 0 spiro atoms. The van der Waals surface area contributed by atoms with Gasteiger partial charge in [0.05, 0.1) is 12.2 Å². The van der Waals surface area contributed by atoms with Crippen molar-refractivity contribution in [3.05, 3.63) is 69.8 Å². The number of hydrogen-bond acceptors (Lipinski definition) is 1. The number of ether oxygens (including phenoxy) is 1. The van der Waals surface area contributed by atoms with Crippen molar-refractivity contribution in [2.24, 2.45) is 23.7 Å². The van der Waals surface area contributed by atoms with E-state index in [1.54, 1.807) is 0 Å². The van der Waals surface area contributed by atoms with Crippen LogP contribution in [0.5, 0.6) is 0 Å². The molecule has 0 aromatic heterocycles. The van der Waals surface area contributed by atoms with Gasteiger partial charge in [0, 0.05) is 0 Å². The molecule has 0 heterocycles. The second-order valence-electron chi connectivity index (χ2n) is 11.9. The smallest absolute Gasteiger partial charge is 0.0581 e. The third kappa shape index (κ3) is 7.70. The highest BCUT2D eigenvalue weighted by Crippen LogP contribution is 2.36. The van der Waals surface area contributed by atoms with Gasteiger partial charge in [-0.3, -0.25) is 0 Å². The Morgan fingerprint density at radius 2 is 0.971 bits per heavy atom. The summed E-state index contributed by atoms with van der Waals surface area (Å²) in [7, 11) is 0. The van der Waals surface area contributed by atoms with Gasteiger partial charge in [0.2, 0.25) is 0 Å². The summed E-state index contributed by atoms with van der Waals surface area (Å²) in [6.45, 7) is 18.3. The van der Waals surface area contributed by atoms with Crippen molar-refractivity contribution in [3.8, 4) is 0 Å². The average molecular weight is 463 g/mol. The zero-order valence-corrected chi connectivity index (χ0v) is 23.3. The average Bonchev–Trinajstić information content (AvgIpc) is 2.79. The molecule has 0 N–H and O–H groups in total. The van der Waals surface area contributed by atoms with Gasteiger partial charge in [-0.05, 0) is 130 Å². The van der Waals surface area contributed by atoms with E-state index in [1.807, 2.05) is 0 Å². The van der Waals surface area contributed by atoms with E-state index in [1.165, 1.54) is 71.9 Å². The van der Waals surface area contributed by atoms with E-state index >= 15 is 0 Å². The van der Waals surface area contributed by atoms with Crippen molar-refractivity contribution in [2.75, 3.05) is 0 Å². The second kappa shape index (κ2) is 12.4. The fraction of sp³-hybridized carbons (Fsp3) is 0.636. The molecule has 2 fully saturated rings. The maximum atomic E-state index is 6.37. The Hall–Kier alpha value is -1.60. The Bertz CT molecular complexity index is 839. The molecule has 0 amide bonds. The Kier molecular flexibility index (Phi) is 9.84. The minimum atomic E-state index is 0.562. The molecule has 2 aromatic rings. The van der Waals surface area contributed by atoms with Gasteiger partial charge in [0.25, 0.3) is 0 Å². The van der Waals surface area contributed by atoms with Gasteiger partial charge >= 0.3 is 0 Å². The highest BCUT2D eigenvalue weighted by molar-refractivity contribution is 5.36. The van der Waals surface area contributed by atoms with Crippen LogP contribution in [-0.4, -0.2) is 12.2 Å². The summed E-state index contributed by atoms with van der Waals surface area (Å²) in [5.74, 6) is 3.52. The molecule has 0 radical (unpaired) electrons. The molecule has 6 unspecified atom stereocenters. The molecule has 0 aliphatic heterocycles. The Balaban J connectivity index is 0.000000191. The van der Waals surface area contributed by atoms with E-state index in [0.717, 1.165) is 30.1 Å². The lowest BCUT2D eigenvalue weighted by atomic mass is 9.78. The molecule has 34 heavy (non-hydrogen) atoms. The van der Waals surface area contributed by atoms with Crippen LogP contribution in [0.1, 0.15) is 99.6 Å². The molecule has 1 nitrogen and oxygen atoms in total. The van der Waals surface area contributed by atoms with Crippen molar-refractivity contribution in [2.45, 2.75) is 113 Å². The highest BCUT2D eigenvalue weighted by atomic mass is 16.5. The maximum absolute atomic E-state index is 6.37. The van der Waals surface area contributed by atoms with Gasteiger partial charge < -0.3 is 4.74 Å². The number of benzene rings is 2. The molecule has 0 saturated heterocycles. The molecule has 2 saturated carbocycles. The quantitative estimate of drug-likeness (QED) is 0.440. The van der Waals surface area contributed by atoms with E-state index in [-0.39, 0.29) is 0 Å². The van der Waals surface area contributed by atoms with Crippen molar-refractivity contribution < 1.29 is 4.74 Å². The molecule has 2 aliphatic rings. The van der Waals surface area contributed by atoms with E-state index in [0.29, 0.717) is 12.2 Å². The number of hydrogen-bond donors (Lipinski definition) is 0. The monoisotopic (exact) mass is 462 g/mol. The van der Waals surface area contributed by atoms with Crippen LogP contribution in [0.25, 0.3) is 0 Å². The first-order valence-corrected chi connectivity index (χ1v) is 13.9. The summed E-state index contributed by atoms with van der Waals surface area (Å²) in [6, 6.07) is 13.5. The minimum Gasteiger partial charge on any atom is -0.375 e. The first kappa shape index (κ1) is 27.0. The lowest BCUT2D eigenvalue weighted by Gasteiger charge is -2.38. The zero-order valence-electron chi connectivity index (χ0n) is 23.3. The number of rotatable bonds is 4. The van der Waals surface area contributed by atoms with Crippen molar-refractivity contribution >= 4 is 0 Å². The SMILES string of the molecule is CC1CCC(OC2CCC(C)C(C)C2)CC1C.Cc1ccc(Cc2ccc(C)c(C)c2)cc1C. The van der Waals surface area contributed by atoms with Crippen LogP contribution in [0.4, 0.5) is 0 Å². The Morgan fingerprint density at radius 3 is 1.32 bits per heavy atom. The molecule has 6 atom stereocenters. The topological polar surface area (TPSA) is 9.23 Å². The van der Waals surface area contributed by atoms with Gasteiger partial charge in [0.1, 0.15) is 0 Å². The standard InChI is InChI=1S/C17H20.C16H30O/c1-12-5-7-16(9-14(12)3)11-17-8-6-13(2)15(4)10-17;1-11-5-7-15(9-13(11)3)17-16-8-6-12(2)14(4)10-16/h5-10H,11H2,1-4H3;11-16H,5-10H2,1-4H3. The molecule has 2 aromatic carbocycles. The lowest BCUT2D eigenvalue weighted by Crippen LogP contribution is -2.34. The number of aryl methyl sites for hydroxylation is 4. The Morgan fingerprint density at radius 1 is 0.559 bits per heavy atom. The van der Waals surface area contributed by atoms with Crippen LogP contribution in [0, 0.1) is 51.4 Å². The third-order valence-electron chi connectivity index (χ3n) is 9.04. The second-order valence-corrected chi connectivity index (χ2v) is 11.9. The van der Waals surface area contributed by atoms with Crippen LogP contribution in [0.3, 0.4) is 0 Å². The zero-order chi connectivity index (χ0) is 24.8. The van der Waals surface area contributed by atoms with E-state index in [9.17, 15) is 0 Å². The molecular weight excluding hydrogens is 412 g/mol. The first-order valence-electron chi connectivity index (χ1n) is 13.9. The molecule has 2 aliphatic carbocycles. The fourth-order valence-electron chi connectivity index (χ4n) is 5.58. The van der Waals surface area contributed by atoms with Crippen LogP contribution in [0.15, 0.2) is 36.4 Å². The van der Waals surface area contributed by atoms with Crippen LogP contribution in [-0.2, 0) is 11.2 Å². The van der Waals surface area contributed by atoms with Gasteiger partial charge in [-0.2, -0.15) is 0 Å². The van der Waals surface area contributed by atoms with Gasteiger partial charge in [-0.15, -0.1) is 0 Å². The van der Waals surface area contributed by atoms with E-state index in [4.69, 9.17) is 4.74 Å². The molecular formula is C33H50O. The Labute approximate surface area is 210 Å². The normalized spacial score (nSPS) is 29.3. The predicted molar refractivity (Wildman–Crippen MR) is 148 cm³/mol. The lowest BCUT2D eigenvalue weighted by molar-refractivity contribution is -0.0731. The summed E-state index contributed by atoms with van der Waals surface area (Å²) in [5, 5.41) is 0. The summed E-state index contributed by atoms with van der Waals surface area (Å²) in [4.78, 5) is 0. The third-order valence-corrected chi connectivity index (χ3v) is 9.04. The first-order chi connectivity index (χ1) is 16.1. The van der Waals surface area contributed by atoms with Gasteiger partial charge in [-0.25, -0.2) is 0 Å². The van der Waals surface area contributed by atoms with Crippen molar-refractivity contribution in [1.29, 1.82) is 0 Å². The largest absolute Gasteiger partial charge is 0.375 e.